The minimum Gasteiger partial charge on any atom is -0.471 e. The molecule has 12 nitrogen and oxygen atoms in total. The Bertz CT molecular complexity index is 1500. The van der Waals surface area contributed by atoms with E-state index in [0.717, 1.165) is 17.7 Å². The first-order valence-corrected chi connectivity index (χ1v) is 13.2. The lowest BCUT2D eigenvalue weighted by atomic mass is 10.0. The van der Waals surface area contributed by atoms with Gasteiger partial charge in [0.25, 0.3) is 18.2 Å². The van der Waals surface area contributed by atoms with E-state index in [1.807, 2.05) is 13.0 Å². The zero-order valence-corrected chi connectivity index (χ0v) is 24.9. The van der Waals surface area contributed by atoms with Crippen LogP contribution in [0.1, 0.15) is 51.7 Å². The van der Waals surface area contributed by atoms with Crippen LogP contribution in [0, 0.1) is 6.92 Å². The number of carbonyl (C=O) groups is 3. The summed E-state index contributed by atoms with van der Waals surface area (Å²) in [6.07, 6.45) is 4.36. The van der Waals surface area contributed by atoms with Crippen LogP contribution >= 0.6 is 11.6 Å². The smallest absolute Gasteiger partial charge is 0.428 e. The average molecular weight is 621 g/mol. The molecule has 1 aromatic heterocycles. The summed E-state index contributed by atoms with van der Waals surface area (Å²) >= 11 is 6.58. The van der Waals surface area contributed by atoms with E-state index in [1.165, 1.54) is 37.2 Å². The zero-order chi connectivity index (χ0) is 31.7. The van der Waals surface area contributed by atoms with Crippen molar-refractivity contribution >= 4 is 47.1 Å². The normalized spacial score (nSPS) is 13.4. The number of hydrazine groups is 1. The topological polar surface area (TPSA) is 136 Å². The third-order valence-electron chi connectivity index (χ3n) is 6.05. The number of carbonyl (C=O) groups excluding carboxylic acids is 3. The molecule has 2 aromatic rings. The largest absolute Gasteiger partial charge is 0.471 e. The van der Waals surface area contributed by atoms with E-state index in [4.69, 9.17) is 21.2 Å². The van der Waals surface area contributed by atoms with E-state index < -0.39 is 30.9 Å². The van der Waals surface area contributed by atoms with E-state index in [1.54, 1.807) is 25.1 Å². The Kier molecular flexibility index (Phi) is 11.4. The summed E-state index contributed by atoms with van der Waals surface area (Å²) < 4.78 is 36.8. The standard InChI is InChI=1S/C28H31ClF2N6O6/c1-16-9-7-6-8-10-20(29)25(16)37-21(13-23(34-37)43-15-22(30)31)27(39)33-24-17(2)11-18(14-32-42-5)12-19(24)26(38)35-36(3)28(40)41-4/h6,8,10-14,22H,7,9,15H2,1-5H3,(H,33,39)(H,35,38). The molecule has 1 aromatic carbocycles. The fraction of sp³-hybridized carbons (Fsp3) is 0.321. The Morgan fingerprint density at radius 1 is 1.21 bits per heavy atom. The highest BCUT2D eigenvalue weighted by Crippen LogP contribution is 2.31. The van der Waals surface area contributed by atoms with Crippen LogP contribution in [0.4, 0.5) is 19.3 Å². The van der Waals surface area contributed by atoms with Crippen molar-refractivity contribution < 1.29 is 37.5 Å². The highest BCUT2D eigenvalue weighted by molar-refractivity contribution is 6.36. The molecule has 0 radical (unpaired) electrons. The molecule has 1 aliphatic rings. The minimum absolute atomic E-state index is 0.0358. The van der Waals surface area contributed by atoms with Gasteiger partial charge in [-0.25, -0.2) is 23.3 Å². The summed E-state index contributed by atoms with van der Waals surface area (Å²) in [4.78, 5) is 43.7. The van der Waals surface area contributed by atoms with E-state index in [9.17, 15) is 23.2 Å². The molecule has 3 rings (SSSR count). The second kappa shape index (κ2) is 15.0. The predicted octanol–water partition coefficient (Wildman–Crippen LogP) is 5.11. The van der Waals surface area contributed by atoms with Gasteiger partial charge in [-0.2, -0.15) is 0 Å². The summed E-state index contributed by atoms with van der Waals surface area (Å²) in [6, 6.07) is 4.27. The lowest BCUT2D eigenvalue weighted by Gasteiger charge is -2.20. The molecular formula is C28H31ClF2N6O6. The number of amides is 3. The number of nitrogens with zero attached hydrogens (tertiary/aromatic N) is 4. The van der Waals surface area contributed by atoms with Crippen molar-refractivity contribution in [3.05, 3.63) is 69.4 Å². The second-order valence-electron chi connectivity index (χ2n) is 9.19. The third kappa shape index (κ3) is 8.41. The van der Waals surface area contributed by atoms with E-state index in [0.29, 0.717) is 29.7 Å². The number of aryl methyl sites for hydroxylation is 1. The van der Waals surface area contributed by atoms with Gasteiger partial charge in [0.2, 0.25) is 5.88 Å². The van der Waals surface area contributed by atoms with Gasteiger partial charge < -0.3 is 19.6 Å². The van der Waals surface area contributed by atoms with Crippen molar-refractivity contribution in [2.24, 2.45) is 5.16 Å². The van der Waals surface area contributed by atoms with Crippen LogP contribution < -0.4 is 15.5 Å². The maximum absolute atomic E-state index is 13.8. The van der Waals surface area contributed by atoms with Crippen molar-refractivity contribution in [2.75, 3.05) is 33.2 Å². The first-order valence-electron chi connectivity index (χ1n) is 12.9. The molecule has 1 aliphatic carbocycles. The molecule has 15 heteroatoms. The van der Waals surface area contributed by atoms with Gasteiger partial charge in [-0.1, -0.05) is 28.9 Å². The minimum atomic E-state index is -2.77. The van der Waals surface area contributed by atoms with Gasteiger partial charge in [-0.05, 0) is 61.6 Å². The van der Waals surface area contributed by atoms with Gasteiger partial charge in [0, 0.05) is 13.1 Å². The monoisotopic (exact) mass is 620 g/mol. The molecule has 0 aliphatic heterocycles. The first-order chi connectivity index (χ1) is 20.5. The van der Waals surface area contributed by atoms with Gasteiger partial charge in [-0.3, -0.25) is 15.0 Å². The SMILES string of the molecule is CON=Cc1cc(C)c(NC(=O)c2cc(OCC(F)F)nn2C2=C(C)CCC=CC=C2Cl)c(C(=O)NN(C)C(=O)OC)c1. The number of hydrogen-bond donors (Lipinski definition) is 2. The van der Waals surface area contributed by atoms with Gasteiger partial charge >= 0.3 is 6.09 Å². The quantitative estimate of drug-likeness (QED) is 0.293. The zero-order valence-electron chi connectivity index (χ0n) is 24.1. The van der Waals surface area contributed by atoms with Crippen LogP contribution in [0.25, 0.3) is 5.70 Å². The number of halogens is 3. The Morgan fingerprint density at radius 3 is 2.63 bits per heavy atom. The lowest BCUT2D eigenvalue weighted by Crippen LogP contribution is -2.43. The first kappa shape index (κ1) is 32.8. The van der Waals surface area contributed by atoms with Crippen molar-refractivity contribution in [3.63, 3.8) is 0 Å². The number of allylic oxidation sites excluding steroid dienone is 6. The molecule has 1 heterocycles. The summed E-state index contributed by atoms with van der Waals surface area (Å²) in [5, 5.41) is 11.8. The molecule has 0 atom stereocenters. The number of ether oxygens (including phenoxy) is 2. The Morgan fingerprint density at radius 2 is 1.95 bits per heavy atom. The number of methoxy groups -OCH3 is 1. The summed E-state index contributed by atoms with van der Waals surface area (Å²) in [7, 11) is 3.78. The van der Waals surface area contributed by atoms with Crippen LogP contribution in [0.5, 0.6) is 5.88 Å². The molecule has 0 saturated heterocycles. The number of hydrogen-bond acceptors (Lipinski definition) is 8. The molecule has 0 spiro atoms. The van der Waals surface area contributed by atoms with Crippen LogP contribution in [0.2, 0.25) is 0 Å². The number of oxime groups is 1. The Labute approximate surface area is 251 Å². The average Bonchev–Trinajstić information content (AvgIpc) is 3.38. The van der Waals surface area contributed by atoms with Crippen LogP contribution in [-0.2, 0) is 9.57 Å². The van der Waals surface area contributed by atoms with E-state index in [2.05, 4.69) is 25.7 Å². The molecule has 0 saturated carbocycles. The molecule has 0 unspecified atom stereocenters. The number of anilines is 1. The number of benzene rings is 1. The summed E-state index contributed by atoms with van der Waals surface area (Å²) in [5.74, 6) is -1.74. The lowest BCUT2D eigenvalue weighted by molar-refractivity contribution is 0.0767. The summed E-state index contributed by atoms with van der Waals surface area (Å²) in [5.41, 5.74) is 4.39. The van der Waals surface area contributed by atoms with Gasteiger partial charge in [0.05, 0.1) is 35.3 Å². The van der Waals surface area contributed by atoms with Crippen LogP contribution in [-0.4, -0.2) is 73.2 Å². The Balaban J connectivity index is 2.12. The van der Waals surface area contributed by atoms with Gasteiger partial charge in [-0.15, -0.1) is 5.10 Å². The molecule has 2 N–H and O–H groups in total. The highest BCUT2D eigenvalue weighted by atomic mass is 35.5. The number of alkyl halides is 2. The highest BCUT2D eigenvalue weighted by Gasteiger charge is 2.26. The van der Waals surface area contributed by atoms with Gasteiger partial charge in [0.1, 0.15) is 12.8 Å². The molecule has 43 heavy (non-hydrogen) atoms. The van der Waals surface area contributed by atoms with E-state index >= 15 is 0 Å². The van der Waals surface area contributed by atoms with Crippen LogP contribution in [0.15, 0.2) is 52.2 Å². The van der Waals surface area contributed by atoms with Crippen molar-refractivity contribution in [1.29, 1.82) is 0 Å². The fourth-order valence-corrected chi connectivity index (χ4v) is 4.38. The third-order valence-corrected chi connectivity index (χ3v) is 6.35. The predicted molar refractivity (Wildman–Crippen MR) is 156 cm³/mol. The fourth-order valence-electron chi connectivity index (χ4n) is 4.06. The molecular weight excluding hydrogens is 590 g/mol. The van der Waals surface area contributed by atoms with E-state index in [-0.39, 0.29) is 27.9 Å². The molecule has 0 bridgehead atoms. The van der Waals surface area contributed by atoms with Crippen LogP contribution in [0.3, 0.4) is 0 Å². The number of nitrogens with one attached hydrogen (secondary N) is 2. The molecule has 230 valence electrons. The number of aromatic nitrogens is 2. The van der Waals surface area contributed by atoms with Crippen molar-refractivity contribution in [3.8, 4) is 5.88 Å². The maximum Gasteiger partial charge on any atom is 0.428 e. The molecule has 3 amide bonds. The summed E-state index contributed by atoms with van der Waals surface area (Å²) in [6.45, 7) is 2.52. The van der Waals surface area contributed by atoms with Crippen molar-refractivity contribution in [2.45, 2.75) is 33.1 Å². The molecule has 0 fully saturated rings. The maximum atomic E-state index is 13.8. The van der Waals surface area contributed by atoms with Gasteiger partial charge in [0.15, 0.2) is 6.61 Å². The van der Waals surface area contributed by atoms with Crippen molar-refractivity contribution in [1.82, 2.24) is 20.2 Å². The Hall–Kier alpha value is -4.72. The number of rotatable bonds is 9. The second-order valence-corrected chi connectivity index (χ2v) is 9.60.